The Morgan fingerprint density at radius 2 is 2.05 bits per heavy atom. The summed E-state index contributed by atoms with van der Waals surface area (Å²) in [7, 11) is 1.86. The Morgan fingerprint density at radius 1 is 1.19 bits per heavy atom. The number of benzene rings is 1. The van der Waals surface area contributed by atoms with E-state index < -0.39 is 0 Å². The molecule has 0 unspecified atom stereocenters. The highest BCUT2D eigenvalue weighted by Gasteiger charge is 2.11. The number of aryl methyl sites for hydroxylation is 1. The molecule has 2 heterocycles. The van der Waals surface area contributed by atoms with E-state index in [1.165, 1.54) is 5.52 Å². The van der Waals surface area contributed by atoms with Crippen LogP contribution in [0, 0.1) is 0 Å². The van der Waals surface area contributed by atoms with E-state index in [2.05, 4.69) is 45.0 Å². The van der Waals surface area contributed by atoms with E-state index in [9.17, 15) is 0 Å². The van der Waals surface area contributed by atoms with E-state index in [1.54, 1.807) is 6.33 Å². The number of aromatic nitrogens is 4. The van der Waals surface area contributed by atoms with Crippen LogP contribution in [0.15, 0.2) is 36.7 Å². The maximum atomic E-state index is 4.76. The molecular formula is C16H19N5. The first-order chi connectivity index (χ1) is 10.3. The van der Waals surface area contributed by atoms with E-state index in [4.69, 9.17) is 4.98 Å². The standard InChI is InChI=1S/C16H19N5/c1-3-8-21-14-7-5-4-6-13(14)20-16(21)10-12-9-15(17-2)19-11-18-12/h4-7,9,11H,3,8,10H2,1-2H3,(H,17,18,19). The summed E-state index contributed by atoms with van der Waals surface area (Å²) in [6.45, 7) is 3.15. The molecule has 0 saturated carbocycles. The van der Waals surface area contributed by atoms with Gasteiger partial charge in [-0.2, -0.15) is 0 Å². The van der Waals surface area contributed by atoms with Crippen molar-refractivity contribution >= 4 is 16.9 Å². The first kappa shape index (κ1) is 13.5. The van der Waals surface area contributed by atoms with Crippen LogP contribution in [0.2, 0.25) is 0 Å². The Labute approximate surface area is 124 Å². The normalized spacial score (nSPS) is 11.0. The van der Waals surface area contributed by atoms with Crippen LogP contribution in [-0.4, -0.2) is 26.6 Å². The monoisotopic (exact) mass is 281 g/mol. The first-order valence-electron chi connectivity index (χ1n) is 7.24. The van der Waals surface area contributed by atoms with Gasteiger partial charge in [-0.3, -0.25) is 0 Å². The molecule has 0 spiro atoms. The van der Waals surface area contributed by atoms with Crippen LogP contribution in [0.5, 0.6) is 0 Å². The zero-order chi connectivity index (χ0) is 14.7. The molecule has 0 aliphatic rings. The van der Waals surface area contributed by atoms with Gasteiger partial charge in [0, 0.05) is 26.1 Å². The lowest BCUT2D eigenvalue weighted by Gasteiger charge is -2.08. The van der Waals surface area contributed by atoms with Gasteiger partial charge in [-0.25, -0.2) is 15.0 Å². The van der Waals surface area contributed by atoms with E-state index in [-0.39, 0.29) is 0 Å². The Morgan fingerprint density at radius 3 is 2.86 bits per heavy atom. The molecule has 1 aromatic carbocycles. The van der Waals surface area contributed by atoms with Crippen molar-refractivity contribution in [2.75, 3.05) is 12.4 Å². The van der Waals surface area contributed by atoms with Gasteiger partial charge < -0.3 is 9.88 Å². The summed E-state index contributed by atoms with van der Waals surface area (Å²) in [5.41, 5.74) is 3.21. The van der Waals surface area contributed by atoms with Gasteiger partial charge in [0.05, 0.1) is 16.7 Å². The minimum atomic E-state index is 0.714. The van der Waals surface area contributed by atoms with Crippen molar-refractivity contribution in [3.8, 4) is 0 Å². The Balaban J connectivity index is 2.00. The lowest BCUT2D eigenvalue weighted by molar-refractivity contribution is 0.662. The predicted octanol–water partition coefficient (Wildman–Crippen LogP) is 2.87. The predicted molar refractivity (Wildman–Crippen MR) is 84.4 cm³/mol. The molecule has 5 nitrogen and oxygen atoms in total. The number of nitrogens with zero attached hydrogens (tertiary/aromatic N) is 4. The van der Waals surface area contributed by atoms with Crippen LogP contribution in [-0.2, 0) is 13.0 Å². The van der Waals surface area contributed by atoms with Gasteiger partial charge in [-0.05, 0) is 18.6 Å². The molecule has 3 rings (SSSR count). The molecule has 0 aliphatic carbocycles. The maximum absolute atomic E-state index is 4.76. The molecule has 0 atom stereocenters. The van der Waals surface area contributed by atoms with Gasteiger partial charge in [0.1, 0.15) is 18.0 Å². The molecule has 3 aromatic rings. The van der Waals surface area contributed by atoms with Gasteiger partial charge in [-0.1, -0.05) is 19.1 Å². The quantitative estimate of drug-likeness (QED) is 0.781. The third-order valence-corrected chi connectivity index (χ3v) is 3.50. The molecule has 0 aliphatic heterocycles. The number of anilines is 1. The van der Waals surface area contributed by atoms with E-state index in [0.717, 1.165) is 35.8 Å². The molecule has 5 heteroatoms. The average Bonchev–Trinajstić information content (AvgIpc) is 2.86. The van der Waals surface area contributed by atoms with Crippen molar-refractivity contribution in [1.82, 2.24) is 19.5 Å². The molecule has 108 valence electrons. The van der Waals surface area contributed by atoms with Crippen molar-refractivity contribution in [3.63, 3.8) is 0 Å². The fourth-order valence-corrected chi connectivity index (χ4v) is 2.53. The minimum absolute atomic E-state index is 0.714. The van der Waals surface area contributed by atoms with Crippen LogP contribution >= 0.6 is 0 Å². The molecule has 0 radical (unpaired) electrons. The van der Waals surface area contributed by atoms with Crippen molar-refractivity contribution in [2.45, 2.75) is 26.3 Å². The lowest BCUT2D eigenvalue weighted by Crippen LogP contribution is -2.06. The van der Waals surface area contributed by atoms with Crippen molar-refractivity contribution in [2.24, 2.45) is 0 Å². The molecule has 1 N–H and O–H groups in total. The summed E-state index contributed by atoms with van der Waals surface area (Å²) < 4.78 is 2.29. The summed E-state index contributed by atoms with van der Waals surface area (Å²) in [6.07, 6.45) is 3.39. The third-order valence-electron chi connectivity index (χ3n) is 3.50. The number of rotatable bonds is 5. The zero-order valence-corrected chi connectivity index (χ0v) is 12.4. The van der Waals surface area contributed by atoms with Crippen LogP contribution in [0.3, 0.4) is 0 Å². The smallest absolute Gasteiger partial charge is 0.129 e. The lowest BCUT2D eigenvalue weighted by atomic mass is 10.2. The number of nitrogens with one attached hydrogen (secondary N) is 1. The summed E-state index contributed by atoms with van der Waals surface area (Å²) >= 11 is 0. The Hall–Kier alpha value is -2.43. The second kappa shape index (κ2) is 5.91. The number of hydrogen-bond acceptors (Lipinski definition) is 4. The topological polar surface area (TPSA) is 55.6 Å². The van der Waals surface area contributed by atoms with E-state index in [1.807, 2.05) is 19.2 Å². The molecule has 21 heavy (non-hydrogen) atoms. The molecule has 0 amide bonds. The van der Waals surface area contributed by atoms with Gasteiger partial charge >= 0.3 is 0 Å². The zero-order valence-electron chi connectivity index (χ0n) is 12.4. The van der Waals surface area contributed by atoms with Gasteiger partial charge in [-0.15, -0.1) is 0 Å². The highest BCUT2D eigenvalue weighted by Crippen LogP contribution is 2.19. The van der Waals surface area contributed by atoms with E-state index >= 15 is 0 Å². The molecule has 0 fully saturated rings. The molecule has 0 saturated heterocycles. The second-order valence-electron chi connectivity index (χ2n) is 4.99. The summed E-state index contributed by atoms with van der Waals surface area (Å²) in [6, 6.07) is 10.2. The van der Waals surface area contributed by atoms with Crippen molar-refractivity contribution in [1.29, 1.82) is 0 Å². The van der Waals surface area contributed by atoms with Crippen molar-refractivity contribution < 1.29 is 0 Å². The largest absolute Gasteiger partial charge is 0.373 e. The Bertz CT molecular complexity index is 747. The van der Waals surface area contributed by atoms with Gasteiger partial charge in [0.15, 0.2) is 0 Å². The molecular weight excluding hydrogens is 262 g/mol. The van der Waals surface area contributed by atoms with Crippen LogP contribution < -0.4 is 5.32 Å². The van der Waals surface area contributed by atoms with Gasteiger partial charge in [0.25, 0.3) is 0 Å². The number of para-hydroxylation sites is 2. The number of imidazole rings is 1. The summed E-state index contributed by atoms with van der Waals surface area (Å²) in [5, 5.41) is 3.04. The maximum Gasteiger partial charge on any atom is 0.129 e. The SMILES string of the molecule is CCCn1c(Cc2cc(NC)ncn2)nc2ccccc21. The second-order valence-corrected chi connectivity index (χ2v) is 4.99. The van der Waals surface area contributed by atoms with Gasteiger partial charge in [0.2, 0.25) is 0 Å². The Kier molecular flexibility index (Phi) is 3.81. The number of hydrogen-bond donors (Lipinski definition) is 1. The molecule has 2 aromatic heterocycles. The average molecular weight is 281 g/mol. The van der Waals surface area contributed by atoms with Crippen LogP contribution in [0.1, 0.15) is 24.9 Å². The highest BCUT2D eigenvalue weighted by atomic mass is 15.1. The fraction of sp³-hybridized carbons (Fsp3) is 0.312. The highest BCUT2D eigenvalue weighted by molar-refractivity contribution is 5.76. The molecule has 0 bridgehead atoms. The van der Waals surface area contributed by atoms with Crippen LogP contribution in [0.4, 0.5) is 5.82 Å². The minimum Gasteiger partial charge on any atom is -0.373 e. The van der Waals surface area contributed by atoms with Crippen LogP contribution in [0.25, 0.3) is 11.0 Å². The summed E-state index contributed by atoms with van der Waals surface area (Å²) in [4.78, 5) is 13.3. The number of fused-ring (bicyclic) bond motifs is 1. The van der Waals surface area contributed by atoms with E-state index in [0.29, 0.717) is 6.42 Å². The summed E-state index contributed by atoms with van der Waals surface area (Å²) in [5.74, 6) is 1.89. The first-order valence-corrected chi connectivity index (χ1v) is 7.24. The van der Waals surface area contributed by atoms with Crippen molar-refractivity contribution in [3.05, 3.63) is 48.2 Å². The fourth-order valence-electron chi connectivity index (χ4n) is 2.53. The third kappa shape index (κ3) is 2.72.